The first-order chi connectivity index (χ1) is 11.9. The predicted molar refractivity (Wildman–Crippen MR) is 97.0 cm³/mol. The van der Waals surface area contributed by atoms with E-state index in [1.165, 1.54) is 0 Å². The molecule has 1 atom stereocenters. The molecule has 2 aromatic carbocycles. The molecule has 2 N–H and O–H groups in total. The molecule has 0 aliphatic rings. The molecule has 0 amide bonds. The maximum atomic E-state index is 11.1. The Balaban J connectivity index is 2.19. The van der Waals surface area contributed by atoms with Crippen LogP contribution in [-0.2, 0) is 11.2 Å². The van der Waals surface area contributed by atoms with E-state index in [9.17, 15) is 10.0 Å². The minimum Gasteiger partial charge on any atom is -0.479 e. The number of halogens is 1. The van der Waals surface area contributed by atoms with Crippen LogP contribution >= 0.6 is 11.6 Å². The van der Waals surface area contributed by atoms with Crippen molar-refractivity contribution in [2.45, 2.75) is 32.8 Å². The third-order valence-corrected chi connectivity index (χ3v) is 4.08. The van der Waals surface area contributed by atoms with Crippen molar-refractivity contribution in [2.24, 2.45) is 5.16 Å². The second-order valence-electron chi connectivity index (χ2n) is 5.68. The Morgan fingerprint density at radius 3 is 2.44 bits per heavy atom. The highest BCUT2D eigenvalue weighted by Crippen LogP contribution is 2.23. The van der Waals surface area contributed by atoms with Gasteiger partial charge in [0.25, 0.3) is 0 Å². The molecule has 0 spiro atoms. The van der Waals surface area contributed by atoms with Crippen molar-refractivity contribution in [2.75, 3.05) is 0 Å². The molecule has 2 rings (SSSR count). The molecule has 0 radical (unpaired) electrons. The lowest BCUT2D eigenvalue weighted by Gasteiger charge is -2.16. The van der Waals surface area contributed by atoms with Crippen LogP contribution in [0, 0.1) is 6.92 Å². The van der Waals surface area contributed by atoms with E-state index in [1.54, 1.807) is 31.2 Å². The monoisotopic (exact) mass is 361 g/mol. The molecule has 0 saturated carbocycles. The van der Waals surface area contributed by atoms with Gasteiger partial charge in [0.15, 0.2) is 6.10 Å². The van der Waals surface area contributed by atoms with Crippen molar-refractivity contribution in [3.05, 3.63) is 64.2 Å². The van der Waals surface area contributed by atoms with Gasteiger partial charge in [0.2, 0.25) is 0 Å². The molecule has 2 aromatic rings. The molecule has 0 aromatic heterocycles. The maximum Gasteiger partial charge on any atom is 0.344 e. The Hall–Kier alpha value is -2.53. The molecule has 5 nitrogen and oxygen atoms in total. The van der Waals surface area contributed by atoms with Crippen molar-refractivity contribution < 1.29 is 19.8 Å². The van der Waals surface area contributed by atoms with E-state index in [2.05, 4.69) is 5.16 Å². The number of ether oxygens (including phenoxy) is 1. The number of aliphatic carboxylic acids is 1. The van der Waals surface area contributed by atoms with Crippen LogP contribution in [0.2, 0.25) is 5.02 Å². The van der Waals surface area contributed by atoms with Gasteiger partial charge in [0, 0.05) is 17.0 Å². The van der Waals surface area contributed by atoms with Gasteiger partial charge in [0.1, 0.15) is 5.75 Å². The number of benzene rings is 2. The molecule has 0 aliphatic heterocycles. The molecule has 0 heterocycles. The Morgan fingerprint density at radius 2 is 1.92 bits per heavy atom. The van der Waals surface area contributed by atoms with Crippen molar-refractivity contribution in [3.63, 3.8) is 0 Å². The van der Waals surface area contributed by atoms with E-state index >= 15 is 0 Å². The van der Waals surface area contributed by atoms with E-state index in [-0.39, 0.29) is 0 Å². The summed E-state index contributed by atoms with van der Waals surface area (Å²) in [4.78, 5) is 11.1. The van der Waals surface area contributed by atoms with Crippen LogP contribution in [0.1, 0.15) is 30.0 Å². The normalized spacial score (nSPS) is 12.7. The quantitative estimate of drug-likeness (QED) is 0.437. The van der Waals surface area contributed by atoms with Crippen LogP contribution in [0.4, 0.5) is 0 Å². The van der Waals surface area contributed by atoms with Crippen LogP contribution < -0.4 is 4.74 Å². The summed E-state index contributed by atoms with van der Waals surface area (Å²) in [6, 6.07) is 12.6. The lowest BCUT2D eigenvalue weighted by atomic mass is 10.0. The molecule has 0 saturated heterocycles. The summed E-state index contributed by atoms with van der Waals surface area (Å²) >= 11 is 5.88. The molecule has 0 aliphatic carbocycles. The van der Waals surface area contributed by atoms with E-state index in [0.29, 0.717) is 29.3 Å². The molecule has 132 valence electrons. The largest absolute Gasteiger partial charge is 0.479 e. The molecule has 0 fully saturated rings. The lowest BCUT2D eigenvalue weighted by Crippen LogP contribution is -2.26. The number of aryl methyl sites for hydroxylation is 1. The smallest absolute Gasteiger partial charge is 0.344 e. The number of hydrogen-bond acceptors (Lipinski definition) is 4. The zero-order valence-electron chi connectivity index (χ0n) is 14.1. The molecule has 25 heavy (non-hydrogen) atoms. The zero-order valence-corrected chi connectivity index (χ0v) is 14.8. The summed E-state index contributed by atoms with van der Waals surface area (Å²) in [6.07, 6.45) is -0.0687. The summed E-state index contributed by atoms with van der Waals surface area (Å²) in [5.74, 6) is -0.492. The standard InChI is InChI=1S/C19H20ClNO4/c1-3-17(19(22)23)25-18-9-6-14(10-12(18)2)16(21-24)11-13-4-7-15(20)8-5-13/h4-10,17,24H,3,11H2,1-2H3,(H,22,23)/b21-16+. The molecule has 0 bridgehead atoms. The van der Waals surface area contributed by atoms with Gasteiger partial charge in [-0.25, -0.2) is 4.79 Å². The Morgan fingerprint density at radius 1 is 1.24 bits per heavy atom. The fourth-order valence-electron chi connectivity index (χ4n) is 2.41. The van der Waals surface area contributed by atoms with Gasteiger partial charge in [-0.2, -0.15) is 0 Å². The number of carboxylic acid groups (broad SMARTS) is 1. The minimum atomic E-state index is -0.994. The van der Waals surface area contributed by atoms with Crippen LogP contribution in [0.3, 0.4) is 0 Å². The highest BCUT2D eigenvalue weighted by Gasteiger charge is 2.18. The second-order valence-corrected chi connectivity index (χ2v) is 6.12. The Bertz CT molecular complexity index is 771. The fraction of sp³-hybridized carbons (Fsp3) is 0.263. The van der Waals surface area contributed by atoms with E-state index in [0.717, 1.165) is 16.7 Å². The maximum absolute atomic E-state index is 11.1. The third kappa shape index (κ3) is 4.97. The average molecular weight is 362 g/mol. The first-order valence-electron chi connectivity index (χ1n) is 7.90. The third-order valence-electron chi connectivity index (χ3n) is 3.83. The van der Waals surface area contributed by atoms with Gasteiger partial charge in [0.05, 0.1) is 5.71 Å². The summed E-state index contributed by atoms with van der Waals surface area (Å²) in [6.45, 7) is 3.58. The number of rotatable bonds is 7. The van der Waals surface area contributed by atoms with Gasteiger partial charge >= 0.3 is 5.97 Å². The Kier molecular flexibility index (Phi) is 6.42. The summed E-state index contributed by atoms with van der Waals surface area (Å²) in [5.41, 5.74) is 2.98. The number of nitrogens with zero attached hydrogens (tertiary/aromatic N) is 1. The van der Waals surface area contributed by atoms with Gasteiger partial charge in [-0.1, -0.05) is 35.8 Å². The molecule has 6 heteroatoms. The Labute approximate surface area is 151 Å². The summed E-state index contributed by atoms with van der Waals surface area (Å²) in [5, 5.41) is 22.5. The lowest BCUT2D eigenvalue weighted by molar-refractivity contribution is -0.145. The van der Waals surface area contributed by atoms with E-state index < -0.39 is 12.1 Å². The van der Waals surface area contributed by atoms with Gasteiger partial charge < -0.3 is 15.1 Å². The first-order valence-corrected chi connectivity index (χ1v) is 8.28. The fourth-order valence-corrected chi connectivity index (χ4v) is 2.54. The van der Waals surface area contributed by atoms with Gasteiger partial charge in [-0.3, -0.25) is 0 Å². The zero-order chi connectivity index (χ0) is 18.4. The highest BCUT2D eigenvalue weighted by atomic mass is 35.5. The second kappa shape index (κ2) is 8.53. The predicted octanol–water partition coefficient (Wildman–Crippen LogP) is 4.31. The van der Waals surface area contributed by atoms with Crippen molar-refractivity contribution >= 4 is 23.3 Å². The minimum absolute atomic E-state index is 0.371. The number of carbonyl (C=O) groups is 1. The topological polar surface area (TPSA) is 79.1 Å². The SMILES string of the molecule is CCC(Oc1ccc(/C(Cc2ccc(Cl)cc2)=N/O)cc1C)C(=O)O. The summed E-state index contributed by atoms with van der Waals surface area (Å²) in [7, 11) is 0. The molecular formula is C19H20ClNO4. The van der Waals surface area contributed by atoms with Crippen LogP contribution in [-0.4, -0.2) is 28.1 Å². The van der Waals surface area contributed by atoms with E-state index in [1.807, 2.05) is 25.1 Å². The van der Waals surface area contributed by atoms with E-state index in [4.69, 9.17) is 21.4 Å². The number of hydrogen-bond donors (Lipinski definition) is 2. The number of carboxylic acids is 1. The highest BCUT2D eigenvalue weighted by molar-refractivity contribution is 6.30. The van der Waals surface area contributed by atoms with Gasteiger partial charge in [-0.05, 0) is 54.8 Å². The van der Waals surface area contributed by atoms with Crippen LogP contribution in [0.25, 0.3) is 0 Å². The van der Waals surface area contributed by atoms with Crippen LogP contribution in [0.5, 0.6) is 5.75 Å². The van der Waals surface area contributed by atoms with Crippen molar-refractivity contribution in [1.29, 1.82) is 0 Å². The van der Waals surface area contributed by atoms with Crippen molar-refractivity contribution in [3.8, 4) is 5.75 Å². The van der Waals surface area contributed by atoms with Crippen molar-refractivity contribution in [1.82, 2.24) is 0 Å². The first kappa shape index (κ1) is 18.8. The summed E-state index contributed by atoms with van der Waals surface area (Å²) < 4.78 is 5.54. The van der Waals surface area contributed by atoms with Gasteiger partial charge in [-0.15, -0.1) is 0 Å². The average Bonchev–Trinajstić information content (AvgIpc) is 2.60. The molecular weight excluding hydrogens is 342 g/mol. The van der Waals surface area contributed by atoms with Crippen LogP contribution in [0.15, 0.2) is 47.6 Å². The number of oxime groups is 1. The molecule has 1 unspecified atom stereocenters.